The number of hydrogen-bond donors (Lipinski definition) is 1. The summed E-state index contributed by atoms with van der Waals surface area (Å²) in [6.07, 6.45) is 0. The Morgan fingerprint density at radius 2 is 2.00 bits per heavy atom. The first kappa shape index (κ1) is 13.9. The van der Waals surface area contributed by atoms with E-state index in [9.17, 15) is 0 Å². The molecule has 0 radical (unpaired) electrons. The van der Waals surface area contributed by atoms with E-state index in [0.717, 1.165) is 16.9 Å². The first-order chi connectivity index (χ1) is 7.83. The zero-order chi connectivity index (χ0) is 13.1. The van der Waals surface area contributed by atoms with Gasteiger partial charge in [-0.2, -0.15) is 0 Å². The van der Waals surface area contributed by atoms with Crippen molar-refractivity contribution in [3.8, 4) is 5.75 Å². The van der Waals surface area contributed by atoms with Crippen molar-refractivity contribution >= 4 is 17.2 Å². The maximum absolute atomic E-state index is 5.73. The summed E-state index contributed by atoms with van der Waals surface area (Å²) < 4.78 is 11.0. The SMILES string of the molecule is COc1ccc(C(N)=S)cc1COC(C)(C)C. The summed E-state index contributed by atoms with van der Waals surface area (Å²) in [5.74, 6) is 0.786. The van der Waals surface area contributed by atoms with E-state index in [4.69, 9.17) is 27.4 Å². The molecule has 4 heteroatoms. The molecular weight excluding hydrogens is 234 g/mol. The summed E-state index contributed by atoms with van der Waals surface area (Å²) in [6, 6.07) is 5.62. The van der Waals surface area contributed by atoms with Gasteiger partial charge in [-0.3, -0.25) is 0 Å². The Morgan fingerprint density at radius 1 is 1.35 bits per heavy atom. The molecule has 0 saturated heterocycles. The molecule has 0 aliphatic heterocycles. The molecule has 17 heavy (non-hydrogen) atoms. The highest BCUT2D eigenvalue weighted by atomic mass is 32.1. The van der Waals surface area contributed by atoms with Crippen molar-refractivity contribution < 1.29 is 9.47 Å². The Labute approximate surface area is 108 Å². The topological polar surface area (TPSA) is 44.5 Å². The minimum absolute atomic E-state index is 0.190. The van der Waals surface area contributed by atoms with E-state index >= 15 is 0 Å². The molecule has 0 unspecified atom stereocenters. The van der Waals surface area contributed by atoms with Crippen LogP contribution < -0.4 is 10.5 Å². The number of rotatable bonds is 4. The Kier molecular flexibility index (Phi) is 4.48. The van der Waals surface area contributed by atoms with Crippen LogP contribution in [-0.2, 0) is 11.3 Å². The molecule has 0 fully saturated rings. The molecule has 0 atom stereocenters. The summed E-state index contributed by atoms with van der Waals surface area (Å²) in [7, 11) is 1.64. The van der Waals surface area contributed by atoms with E-state index in [1.807, 2.05) is 39.0 Å². The Morgan fingerprint density at radius 3 is 2.47 bits per heavy atom. The van der Waals surface area contributed by atoms with Gasteiger partial charge in [0.1, 0.15) is 10.7 Å². The molecule has 1 aromatic rings. The second kappa shape index (κ2) is 5.47. The van der Waals surface area contributed by atoms with Crippen LogP contribution in [0.15, 0.2) is 18.2 Å². The fraction of sp³-hybridized carbons (Fsp3) is 0.462. The molecule has 0 amide bonds. The Hall–Kier alpha value is -1.13. The zero-order valence-electron chi connectivity index (χ0n) is 10.7. The highest BCUT2D eigenvalue weighted by molar-refractivity contribution is 7.80. The number of nitrogens with two attached hydrogens (primary N) is 1. The van der Waals surface area contributed by atoms with Gasteiger partial charge in [0.15, 0.2) is 0 Å². The van der Waals surface area contributed by atoms with Crippen LogP contribution >= 0.6 is 12.2 Å². The molecule has 0 bridgehead atoms. The molecular formula is C13H19NO2S. The summed E-state index contributed by atoms with van der Waals surface area (Å²) in [5.41, 5.74) is 7.19. The fourth-order valence-corrected chi connectivity index (χ4v) is 1.47. The standard InChI is InChI=1S/C13H19NO2S/c1-13(2,3)16-8-10-7-9(12(14)17)5-6-11(10)15-4/h5-7H,8H2,1-4H3,(H2,14,17). The molecule has 3 nitrogen and oxygen atoms in total. The maximum Gasteiger partial charge on any atom is 0.124 e. The number of methoxy groups -OCH3 is 1. The van der Waals surface area contributed by atoms with E-state index < -0.39 is 0 Å². The van der Waals surface area contributed by atoms with Crippen molar-refractivity contribution in [2.24, 2.45) is 5.73 Å². The van der Waals surface area contributed by atoms with Gasteiger partial charge in [-0.1, -0.05) is 12.2 Å². The van der Waals surface area contributed by atoms with Gasteiger partial charge in [-0.05, 0) is 39.0 Å². The summed E-state index contributed by atoms with van der Waals surface area (Å²) in [5, 5.41) is 0. The Bertz CT molecular complexity index is 410. The first-order valence-corrected chi connectivity index (χ1v) is 5.85. The lowest BCUT2D eigenvalue weighted by molar-refractivity contribution is -0.0156. The average Bonchev–Trinajstić information content (AvgIpc) is 2.24. The van der Waals surface area contributed by atoms with Crippen LogP contribution in [0.25, 0.3) is 0 Å². The van der Waals surface area contributed by atoms with E-state index in [-0.39, 0.29) is 5.60 Å². The van der Waals surface area contributed by atoms with Crippen LogP contribution in [-0.4, -0.2) is 17.7 Å². The smallest absolute Gasteiger partial charge is 0.124 e. The van der Waals surface area contributed by atoms with Gasteiger partial charge in [-0.25, -0.2) is 0 Å². The number of thiocarbonyl (C=S) groups is 1. The predicted molar refractivity (Wildman–Crippen MR) is 73.4 cm³/mol. The van der Waals surface area contributed by atoms with Crippen molar-refractivity contribution in [1.29, 1.82) is 0 Å². The van der Waals surface area contributed by atoms with E-state index in [0.29, 0.717) is 11.6 Å². The lowest BCUT2D eigenvalue weighted by atomic mass is 10.1. The largest absolute Gasteiger partial charge is 0.496 e. The summed E-state index contributed by atoms with van der Waals surface area (Å²) >= 11 is 4.95. The van der Waals surface area contributed by atoms with Crippen LogP contribution in [0.4, 0.5) is 0 Å². The van der Waals surface area contributed by atoms with Crippen LogP contribution in [0.3, 0.4) is 0 Å². The third kappa shape index (κ3) is 4.32. The summed E-state index contributed by atoms with van der Waals surface area (Å²) in [6.45, 7) is 6.51. The minimum Gasteiger partial charge on any atom is -0.496 e. The second-order valence-corrected chi connectivity index (χ2v) is 5.23. The van der Waals surface area contributed by atoms with Gasteiger partial charge in [0.2, 0.25) is 0 Å². The molecule has 0 aromatic heterocycles. The number of hydrogen-bond acceptors (Lipinski definition) is 3. The molecule has 0 saturated carbocycles. The quantitative estimate of drug-likeness (QED) is 0.838. The van der Waals surface area contributed by atoms with Gasteiger partial charge in [0.05, 0.1) is 19.3 Å². The molecule has 94 valence electrons. The molecule has 0 aliphatic carbocycles. The van der Waals surface area contributed by atoms with Gasteiger partial charge in [0.25, 0.3) is 0 Å². The van der Waals surface area contributed by atoms with Crippen LogP contribution in [0, 0.1) is 0 Å². The molecule has 0 spiro atoms. The lowest BCUT2D eigenvalue weighted by Gasteiger charge is -2.20. The highest BCUT2D eigenvalue weighted by Crippen LogP contribution is 2.22. The third-order valence-electron chi connectivity index (χ3n) is 2.23. The molecule has 2 N–H and O–H groups in total. The maximum atomic E-state index is 5.73. The normalized spacial score (nSPS) is 11.3. The molecule has 1 aromatic carbocycles. The van der Waals surface area contributed by atoms with Crippen LogP contribution in [0.2, 0.25) is 0 Å². The van der Waals surface area contributed by atoms with Crippen molar-refractivity contribution in [2.45, 2.75) is 33.0 Å². The monoisotopic (exact) mass is 253 g/mol. The first-order valence-electron chi connectivity index (χ1n) is 5.44. The predicted octanol–water partition coefficient (Wildman–Crippen LogP) is 2.64. The van der Waals surface area contributed by atoms with Crippen molar-refractivity contribution in [1.82, 2.24) is 0 Å². The zero-order valence-corrected chi connectivity index (χ0v) is 11.6. The van der Waals surface area contributed by atoms with Gasteiger partial charge in [-0.15, -0.1) is 0 Å². The second-order valence-electron chi connectivity index (χ2n) is 4.79. The average molecular weight is 253 g/mol. The van der Waals surface area contributed by atoms with Gasteiger partial charge in [0, 0.05) is 11.1 Å². The van der Waals surface area contributed by atoms with E-state index in [1.54, 1.807) is 7.11 Å². The van der Waals surface area contributed by atoms with Crippen molar-refractivity contribution in [3.63, 3.8) is 0 Å². The summed E-state index contributed by atoms with van der Waals surface area (Å²) in [4.78, 5) is 0.379. The number of benzene rings is 1. The Balaban J connectivity index is 2.94. The number of ether oxygens (including phenoxy) is 2. The fourth-order valence-electron chi connectivity index (χ4n) is 1.34. The van der Waals surface area contributed by atoms with Crippen LogP contribution in [0.1, 0.15) is 31.9 Å². The molecule has 0 aliphatic rings. The third-order valence-corrected chi connectivity index (χ3v) is 2.46. The van der Waals surface area contributed by atoms with Crippen molar-refractivity contribution in [2.75, 3.05) is 7.11 Å². The minimum atomic E-state index is -0.190. The van der Waals surface area contributed by atoms with Gasteiger partial charge >= 0.3 is 0 Å². The lowest BCUT2D eigenvalue weighted by Crippen LogP contribution is -2.19. The highest BCUT2D eigenvalue weighted by Gasteiger charge is 2.13. The van der Waals surface area contributed by atoms with Crippen LogP contribution in [0.5, 0.6) is 5.75 Å². The molecule has 1 rings (SSSR count). The van der Waals surface area contributed by atoms with E-state index in [1.165, 1.54) is 0 Å². The van der Waals surface area contributed by atoms with Gasteiger partial charge < -0.3 is 15.2 Å². The van der Waals surface area contributed by atoms with Crippen molar-refractivity contribution in [3.05, 3.63) is 29.3 Å². The van der Waals surface area contributed by atoms with E-state index in [2.05, 4.69) is 0 Å². The molecule has 0 heterocycles.